The number of nitrogens with one attached hydrogen (secondary N) is 1. The number of carbonyl (C=O) groups excluding carboxylic acids is 2. The van der Waals surface area contributed by atoms with Gasteiger partial charge in [0.05, 0.1) is 28.3 Å². The lowest BCUT2D eigenvalue weighted by Gasteiger charge is -2.16. The van der Waals surface area contributed by atoms with Crippen LogP contribution < -0.4 is 10.1 Å². The number of benzene rings is 2. The summed E-state index contributed by atoms with van der Waals surface area (Å²) in [5, 5.41) is 2.93. The molecule has 0 aliphatic rings. The fourth-order valence-corrected chi connectivity index (χ4v) is 3.62. The van der Waals surface area contributed by atoms with Crippen LogP contribution >= 0.6 is 23.2 Å². The second-order valence-electron chi connectivity index (χ2n) is 6.31. The van der Waals surface area contributed by atoms with Crippen molar-refractivity contribution in [1.82, 2.24) is 4.31 Å². The lowest BCUT2D eigenvalue weighted by Crippen LogP contribution is -2.30. The quantitative estimate of drug-likeness (QED) is 0.616. The van der Waals surface area contributed by atoms with E-state index >= 15 is 0 Å². The molecule has 0 heterocycles. The van der Waals surface area contributed by atoms with E-state index in [1.54, 1.807) is 12.1 Å². The highest BCUT2D eigenvalue weighted by molar-refractivity contribution is 7.89. The number of sulfonamides is 1. The minimum absolute atomic E-state index is 0.0122. The molecular formula is C19H20Cl2N2O6S. The summed E-state index contributed by atoms with van der Waals surface area (Å²) in [6.45, 7) is 1.36. The average Bonchev–Trinajstić information content (AvgIpc) is 2.68. The van der Waals surface area contributed by atoms with Gasteiger partial charge in [0.1, 0.15) is 5.75 Å². The average molecular weight is 475 g/mol. The Morgan fingerprint density at radius 3 is 2.37 bits per heavy atom. The molecule has 1 amide bonds. The predicted octanol–water partition coefficient (Wildman–Crippen LogP) is 3.44. The number of nitrogens with zero attached hydrogens (tertiary/aromatic N) is 1. The Balaban J connectivity index is 2.20. The van der Waals surface area contributed by atoms with Crippen molar-refractivity contribution in [3.63, 3.8) is 0 Å². The Bertz CT molecular complexity index is 1070. The number of esters is 1. The molecule has 1 atom stereocenters. The molecule has 0 unspecified atom stereocenters. The zero-order valence-electron chi connectivity index (χ0n) is 16.6. The normalized spacial score (nSPS) is 12.4. The van der Waals surface area contributed by atoms with Crippen LogP contribution in [0.25, 0.3) is 0 Å². The van der Waals surface area contributed by atoms with Gasteiger partial charge >= 0.3 is 5.97 Å². The molecular weight excluding hydrogens is 455 g/mol. The minimum Gasteiger partial charge on any atom is -0.495 e. The highest BCUT2D eigenvalue weighted by atomic mass is 35.5. The summed E-state index contributed by atoms with van der Waals surface area (Å²) in [6, 6.07) is 8.30. The summed E-state index contributed by atoms with van der Waals surface area (Å²) in [5.41, 5.74) is 0.120. The maximum atomic E-state index is 12.5. The van der Waals surface area contributed by atoms with E-state index < -0.39 is 28.0 Å². The van der Waals surface area contributed by atoms with Crippen molar-refractivity contribution in [3.05, 3.63) is 52.0 Å². The van der Waals surface area contributed by atoms with Gasteiger partial charge in [0.25, 0.3) is 5.91 Å². The Morgan fingerprint density at radius 1 is 1.10 bits per heavy atom. The summed E-state index contributed by atoms with van der Waals surface area (Å²) in [5.74, 6) is -1.22. The Morgan fingerprint density at radius 2 is 1.77 bits per heavy atom. The second kappa shape index (κ2) is 9.65. The van der Waals surface area contributed by atoms with Crippen molar-refractivity contribution in [1.29, 1.82) is 0 Å². The molecule has 2 aromatic carbocycles. The predicted molar refractivity (Wildman–Crippen MR) is 114 cm³/mol. The van der Waals surface area contributed by atoms with Gasteiger partial charge < -0.3 is 14.8 Å². The number of anilines is 1. The largest absolute Gasteiger partial charge is 0.495 e. The van der Waals surface area contributed by atoms with E-state index in [1.807, 2.05) is 0 Å². The molecule has 8 nitrogen and oxygen atoms in total. The lowest BCUT2D eigenvalue weighted by molar-refractivity contribution is -0.123. The van der Waals surface area contributed by atoms with Crippen LogP contribution in [0.15, 0.2) is 41.3 Å². The topological polar surface area (TPSA) is 102 Å². The molecule has 11 heteroatoms. The monoisotopic (exact) mass is 474 g/mol. The lowest BCUT2D eigenvalue weighted by atomic mass is 10.2. The van der Waals surface area contributed by atoms with Gasteiger partial charge in [0.15, 0.2) is 6.10 Å². The summed E-state index contributed by atoms with van der Waals surface area (Å²) in [7, 11) is 0.363. The fourth-order valence-electron chi connectivity index (χ4n) is 2.32. The number of ether oxygens (including phenoxy) is 2. The first-order valence-corrected chi connectivity index (χ1v) is 10.7. The molecule has 0 aliphatic carbocycles. The van der Waals surface area contributed by atoms with Crippen LogP contribution in [0.5, 0.6) is 5.75 Å². The molecule has 2 rings (SSSR count). The first-order chi connectivity index (χ1) is 14.0. The third kappa shape index (κ3) is 5.42. The number of hydrogen-bond donors (Lipinski definition) is 1. The van der Waals surface area contributed by atoms with Crippen LogP contribution in [0.3, 0.4) is 0 Å². The molecule has 2 aromatic rings. The Hall–Kier alpha value is -2.33. The van der Waals surface area contributed by atoms with E-state index in [1.165, 1.54) is 46.3 Å². The van der Waals surface area contributed by atoms with Crippen LogP contribution in [0.2, 0.25) is 10.0 Å². The standard InChI is InChI=1S/C19H20Cl2N2O6S/c1-11(18(24)22-16-9-12(20)5-8-17(16)28-4)29-19(25)14-10-13(6-7-15(14)21)30(26,27)23(2)3/h5-11H,1-4H3,(H,22,24)/t11-/m1/s1. The fraction of sp³-hybridized carbons (Fsp3) is 0.263. The minimum atomic E-state index is -3.79. The Labute approximate surface area is 184 Å². The third-order valence-corrected chi connectivity index (χ3v) is 6.38. The highest BCUT2D eigenvalue weighted by Crippen LogP contribution is 2.28. The number of rotatable bonds is 7. The molecule has 1 N–H and O–H groups in total. The van der Waals surface area contributed by atoms with Gasteiger partial charge in [-0.3, -0.25) is 4.79 Å². The van der Waals surface area contributed by atoms with Crippen LogP contribution in [-0.2, 0) is 19.6 Å². The van der Waals surface area contributed by atoms with Crippen molar-refractivity contribution in [2.45, 2.75) is 17.9 Å². The second-order valence-corrected chi connectivity index (χ2v) is 9.31. The van der Waals surface area contributed by atoms with Gasteiger partial charge in [-0.2, -0.15) is 0 Å². The zero-order chi connectivity index (χ0) is 22.6. The summed E-state index contributed by atoms with van der Waals surface area (Å²) >= 11 is 12.0. The van der Waals surface area contributed by atoms with Crippen LogP contribution in [-0.4, -0.2) is 51.9 Å². The number of carbonyl (C=O) groups is 2. The van der Waals surface area contributed by atoms with Gasteiger partial charge in [-0.05, 0) is 43.3 Å². The zero-order valence-corrected chi connectivity index (χ0v) is 18.9. The van der Waals surface area contributed by atoms with Gasteiger partial charge in [-0.1, -0.05) is 23.2 Å². The van der Waals surface area contributed by atoms with Gasteiger partial charge in [0, 0.05) is 19.1 Å². The van der Waals surface area contributed by atoms with E-state index in [9.17, 15) is 18.0 Å². The first kappa shape index (κ1) is 23.9. The summed E-state index contributed by atoms with van der Waals surface area (Å²) in [6.07, 6.45) is -1.22. The first-order valence-electron chi connectivity index (χ1n) is 8.54. The maximum Gasteiger partial charge on any atom is 0.340 e. The van der Waals surface area contributed by atoms with Gasteiger partial charge in [-0.15, -0.1) is 0 Å². The molecule has 0 aliphatic heterocycles. The number of hydrogen-bond acceptors (Lipinski definition) is 6. The summed E-state index contributed by atoms with van der Waals surface area (Å²) in [4.78, 5) is 24.8. The number of halogens is 2. The van der Waals surface area contributed by atoms with Crippen LogP contribution in [0, 0.1) is 0 Å². The van der Waals surface area contributed by atoms with Gasteiger partial charge in [-0.25, -0.2) is 17.5 Å². The molecule has 0 spiro atoms. The number of methoxy groups -OCH3 is 1. The number of amides is 1. The molecule has 0 fully saturated rings. The van der Waals surface area contributed by atoms with E-state index in [-0.39, 0.29) is 15.5 Å². The van der Waals surface area contributed by atoms with Crippen molar-refractivity contribution in [2.24, 2.45) is 0 Å². The maximum absolute atomic E-state index is 12.5. The smallest absolute Gasteiger partial charge is 0.340 e. The van der Waals surface area contributed by atoms with E-state index in [0.29, 0.717) is 16.5 Å². The van der Waals surface area contributed by atoms with Crippen molar-refractivity contribution >= 4 is 50.8 Å². The Kier molecular flexibility index (Phi) is 7.70. The van der Waals surface area contributed by atoms with E-state index in [0.717, 1.165) is 10.4 Å². The molecule has 0 aromatic heterocycles. The van der Waals surface area contributed by atoms with E-state index in [4.69, 9.17) is 32.7 Å². The molecule has 0 saturated heterocycles. The van der Waals surface area contributed by atoms with Crippen LogP contribution in [0.1, 0.15) is 17.3 Å². The van der Waals surface area contributed by atoms with Crippen molar-refractivity contribution in [2.75, 3.05) is 26.5 Å². The highest BCUT2D eigenvalue weighted by Gasteiger charge is 2.25. The van der Waals surface area contributed by atoms with Crippen molar-refractivity contribution in [3.8, 4) is 5.75 Å². The van der Waals surface area contributed by atoms with Gasteiger partial charge in [0.2, 0.25) is 10.0 Å². The SMILES string of the molecule is COc1ccc(Cl)cc1NC(=O)[C@@H](C)OC(=O)c1cc(S(=O)(=O)N(C)C)ccc1Cl. The molecule has 0 radical (unpaired) electrons. The molecule has 0 bridgehead atoms. The third-order valence-electron chi connectivity index (χ3n) is 4.01. The molecule has 0 saturated carbocycles. The van der Waals surface area contributed by atoms with Crippen LogP contribution in [0.4, 0.5) is 5.69 Å². The summed E-state index contributed by atoms with van der Waals surface area (Å²) < 4.78 is 35.9. The van der Waals surface area contributed by atoms with Crippen molar-refractivity contribution < 1.29 is 27.5 Å². The molecule has 30 heavy (non-hydrogen) atoms. The van der Waals surface area contributed by atoms with E-state index in [2.05, 4.69) is 5.32 Å². The molecule has 162 valence electrons.